The van der Waals surface area contributed by atoms with E-state index in [1.165, 1.54) is 18.5 Å². The number of hydrogen-bond acceptors (Lipinski definition) is 5. The highest BCUT2D eigenvalue weighted by Gasteiger charge is 2.25. The van der Waals surface area contributed by atoms with E-state index in [4.69, 9.17) is 10.5 Å². The normalized spacial score (nSPS) is 22.4. The molecule has 2 heterocycles. The number of aromatic nitrogens is 1. The number of hydrogen-bond donors (Lipinski definition) is 2. The summed E-state index contributed by atoms with van der Waals surface area (Å²) in [6.07, 6.45) is 4.23. The fourth-order valence-electron chi connectivity index (χ4n) is 2.18. The maximum atomic E-state index is 12.4. The van der Waals surface area contributed by atoms with E-state index < -0.39 is 10.0 Å². The topological polar surface area (TPSA) is 94.3 Å². The molecule has 1 fully saturated rings. The molecule has 7 heteroatoms. The van der Waals surface area contributed by atoms with Crippen LogP contribution in [0.5, 0.6) is 0 Å². The summed E-state index contributed by atoms with van der Waals surface area (Å²) in [5.74, 6) is 5.45. The Bertz CT molecular complexity index is 649. The Morgan fingerprint density at radius 1 is 1.52 bits per heavy atom. The Morgan fingerprint density at radius 2 is 2.33 bits per heavy atom. The van der Waals surface area contributed by atoms with Crippen molar-refractivity contribution in [2.24, 2.45) is 5.73 Å². The first-order valence-corrected chi connectivity index (χ1v) is 8.27. The van der Waals surface area contributed by atoms with Gasteiger partial charge in [-0.15, -0.1) is 0 Å². The Balaban J connectivity index is 2.15. The van der Waals surface area contributed by atoms with Crippen molar-refractivity contribution in [1.29, 1.82) is 0 Å². The van der Waals surface area contributed by atoms with Gasteiger partial charge in [0, 0.05) is 30.6 Å². The minimum atomic E-state index is -3.60. The van der Waals surface area contributed by atoms with E-state index >= 15 is 0 Å². The van der Waals surface area contributed by atoms with Gasteiger partial charge in [-0.1, -0.05) is 11.8 Å². The zero-order valence-corrected chi connectivity index (χ0v) is 12.7. The summed E-state index contributed by atoms with van der Waals surface area (Å²) in [5, 5.41) is 0. The molecule has 0 spiro atoms. The molecular formula is C14H19N3O3S. The molecular weight excluding hydrogens is 290 g/mol. The van der Waals surface area contributed by atoms with Gasteiger partial charge in [0.1, 0.15) is 4.90 Å². The summed E-state index contributed by atoms with van der Waals surface area (Å²) in [6.45, 7) is 2.72. The van der Waals surface area contributed by atoms with Gasteiger partial charge in [-0.2, -0.15) is 0 Å². The van der Waals surface area contributed by atoms with Gasteiger partial charge in [-0.3, -0.25) is 4.98 Å². The van der Waals surface area contributed by atoms with Crippen LogP contribution in [0.2, 0.25) is 0 Å². The molecule has 3 N–H and O–H groups in total. The van der Waals surface area contributed by atoms with Gasteiger partial charge in [-0.25, -0.2) is 13.1 Å². The highest BCUT2D eigenvalue weighted by Crippen LogP contribution is 2.17. The van der Waals surface area contributed by atoms with E-state index in [-0.39, 0.29) is 23.6 Å². The number of pyridine rings is 1. The van der Waals surface area contributed by atoms with Gasteiger partial charge >= 0.3 is 0 Å². The van der Waals surface area contributed by atoms with E-state index in [0.717, 1.165) is 0 Å². The van der Waals surface area contributed by atoms with Crippen LogP contribution in [0.3, 0.4) is 0 Å². The fraction of sp³-hybridized carbons (Fsp3) is 0.500. The number of nitrogens with zero attached hydrogens (tertiary/aromatic N) is 1. The van der Waals surface area contributed by atoms with Crippen LogP contribution in [-0.2, 0) is 14.8 Å². The van der Waals surface area contributed by atoms with Crippen molar-refractivity contribution >= 4 is 10.0 Å². The van der Waals surface area contributed by atoms with Gasteiger partial charge < -0.3 is 10.5 Å². The lowest BCUT2D eigenvalue weighted by Gasteiger charge is -2.27. The Morgan fingerprint density at radius 3 is 3.05 bits per heavy atom. The average molecular weight is 309 g/mol. The van der Waals surface area contributed by atoms with Crippen molar-refractivity contribution < 1.29 is 13.2 Å². The maximum Gasteiger partial charge on any atom is 0.242 e. The van der Waals surface area contributed by atoms with Gasteiger partial charge in [-0.05, 0) is 25.8 Å². The molecule has 1 aromatic rings. The number of sulfonamides is 1. The van der Waals surface area contributed by atoms with Gasteiger partial charge in [0.05, 0.1) is 12.6 Å². The molecule has 6 nitrogen and oxygen atoms in total. The van der Waals surface area contributed by atoms with Crippen molar-refractivity contribution in [1.82, 2.24) is 9.71 Å². The molecule has 2 atom stereocenters. The largest absolute Gasteiger partial charge is 0.378 e. The van der Waals surface area contributed by atoms with Crippen LogP contribution in [0.25, 0.3) is 0 Å². The van der Waals surface area contributed by atoms with Crippen molar-refractivity contribution in [3.63, 3.8) is 0 Å². The Kier molecular flexibility index (Phi) is 5.31. The van der Waals surface area contributed by atoms with E-state index in [9.17, 15) is 8.42 Å². The summed E-state index contributed by atoms with van der Waals surface area (Å²) in [4.78, 5) is 4.04. The van der Waals surface area contributed by atoms with Crippen molar-refractivity contribution in [2.75, 3.05) is 13.2 Å². The van der Waals surface area contributed by atoms with E-state index in [1.807, 2.05) is 6.92 Å². The predicted octanol–water partition coefficient (Wildman–Crippen LogP) is 0.238. The van der Waals surface area contributed by atoms with Crippen LogP contribution >= 0.6 is 0 Å². The van der Waals surface area contributed by atoms with Gasteiger partial charge in [0.15, 0.2) is 0 Å². The molecule has 21 heavy (non-hydrogen) atoms. The number of nitrogens with one attached hydrogen (secondary N) is 1. The monoisotopic (exact) mass is 309 g/mol. The molecule has 2 unspecified atom stereocenters. The number of ether oxygens (including phenoxy) is 1. The van der Waals surface area contributed by atoms with Crippen LogP contribution in [0.1, 0.15) is 25.3 Å². The average Bonchev–Trinajstić information content (AvgIpc) is 2.45. The predicted molar refractivity (Wildman–Crippen MR) is 78.9 cm³/mol. The first-order chi connectivity index (χ1) is 10.0. The fourth-order valence-corrected chi connectivity index (χ4v) is 3.45. The Hall–Kier alpha value is -1.46. The number of rotatable bonds is 3. The van der Waals surface area contributed by atoms with E-state index in [1.54, 1.807) is 0 Å². The minimum Gasteiger partial charge on any atom is -0.378 e. The molecule has 1 aliphatic rings. The van der Waals surface area contributed by atoms with Crippen molar-refractivity contribution in [2.45, 2.75) is 36.8 Å². The SMILES string of the molecule is CC1CC(NS(=O)(=O)c2cncc(C#CCN)c2)CCO1. The highest BCUT2D eigenvalue weighted by molar-refractivity contribution is 7.89. The molecule has 0 saturated carbocycles. The van der Waals surface area contributed by atoms with Crippen molar-refractivity contribution in [3.05, 3.63) is 24.0 Å². The third-order valence-electron chi connectivity index (χ3n) is 3.17. The van der Waals surface area contributed by atoms with Crippen LogP contribution in [0, 0.1) is 11.8 Å². The molecule has 0 aliphatic carbocycles. The molecule has 2 rings (SSSR count). The second-order valence-corrected chi connectivity index (χ2v) is 6.65. The Labute approximate surface area is 125 Å². The van der Waals surface area contributed by atoms with Crippen LogP contribution < -0.4 is 10.5 Å². The molecule has 1 aromatic heterocycles. The third kappa shape index (κ3) is 4.51. The summed E-state index contributed by atoms with van der Waals surface area (Å²) >= 11 is 0. The van der Waals surface area contributed by atoms with Crippen LogP contribution in [0.4, 0.5) is 0 Å². The molecule has 114 valence electrons. The van der Waals surface area contributed by atoms with E-state index in [0.29, 0.717) is 25.0 Å². The standard InChI is InChI=1S/C14H19N3O3S/c1-11-7-13(4-6-20-11)17-21(18,19)14-8-12(3-2-5-15)9-16-10-14/h8-11,13,17H,4-7,15H2,1H3. The maximum absolute atomic E-state index is 12.4. The molecule has 0 amide bonds. The van der Waals surface area contributed by atoms with Crippen LogP contribution in [0.15, 0.2) is 23.4 Å². The molecule has 0 aromatic carbocycles. The summed E-state index contributed by atoms with van der Waals surface area (Å²) < 4.78 is 32.9. The zero-order valence-electron chi connectivity index (χ0n) is 11.9. The zero-order chi connectivity index (χ0) is 15.3. The lowest BCUT2D eigenvalue weighted by atomic mass is 10.1. The molecule has 1 aliphatic heterocycles. The lowest BCUT2D eigenvalue weighted by molar-refractivity contribution is 0.0173. The summed E-state index contributed by atoms with van der Waals surface area (Å²) in [7, 11) is -3.60. The highest BCUT2D eigenvalue weighted by atomic mass is 32.2. The third-order valence-corrected chi connectivity index (χ3v) is 4.65. The second kappa shape index (κ2) is 7.00. The molecule has 0 radical (unpaired) electrons. The summed E-state index contributed by atoms with van der Waals surface area (Å²) in [6, 6.07) is 1.39. The quantitative estimate of drug-likeness (QED) is 0.780. The van der Waals surface area contributed by atoms with Gasteiger partial charge in [0.25, 0.3) is 0 Å². The number of nitrogens with two attached hydrogens (primary N) is 1. The minimum absolute atomic E-state index is 0.0614. The lowest BCUT2D eigenvalue weighted by Crippen LogP contribution is -2.41. The smallest absolute Gasteiger partial charge is 0.242 e. The van der Waals surface area contributed by atoms with Crippen molar-refractivity contribution in [3.8, 4) is 11.8 Å². The summed E-state index contributed by atoms with van der Waals surface area (Å²) in [5.41, 5.74) is 5.83. The van der Waals surface area contributed by atoms with Crippen LogP contribution in [-0.4, -0.2) is 38.7 Å². The van der Waals surface area contributed by atoms with Gasteiger partial charge in [0.2, 0.25) is 10.0 Å². The van der Waals surface area contributed by atoms with E-state index in [2.05, 4.69) is 21.5 Å². The first-order valence-electron chi connectivity index (χ1n) is 6.79. The molecule has 1 saturated heterocycles. The first kappa shape index (κ1) is 15.9. The second-order valence-electron chi connectivity index (χ2n) is 4.94. The molecule has 0 bridgehead atoms.